The molecule has 1 spiro atoms. The van der Waals surface area contributed by atoms with Crippen LogP contribution in [0.4, 0.5) is 0 Å². The molecule has 2 saturated heterocycles. The molecule has 2 aliphatic heterocycles. The van der Waals surface area contributed by atoms with E-state index in [0.29, 0.717) is 5.92 Å². The van der Waals surface area contributed by atoms with Crippen molar-refractivity contribution >= 4 is 34.9 Å². The summed E-state index contributed by atoms with van der Waals surface area (Å²) in [5, 5.41) is 0.234. The van der Waals surface area contributed by atoms with E-state index in [1.165, 1.54) is 0 Å². The summed E-state index contributed by atoms with van der Waals surface area (Å²) >= 11 is 1.92. The quantitative estimate of drug-likeness (QED) is 0.564. The fourth-order valence-corrected chi connectivity index (χ4v) is 7.08. The van der Waals surface area contributed by atoms with Crippen LogP contribution in [0.3, 0.4) is 0 Å². The molecule has 21 heavy (non-hydrogen) atoms. The molecule has 0 radical (unpaired) electrons. The van der Waals surface area contributed by atoms with E-state index in [2.05, 4.69) is 55.3 Å². The van der Waals surface area contributed by atoms with Crippen molar-refractivity contribution in [3.8, 4) is 0 Å². The average Bonchev–Trinajstić information content (AvgIpc) is 2.57. The van der Waals surface area contributed by atoms with E-state index in [9.17, 15) is 0 Å². The maximum absolute atomic E-state index is 6.70. The monoisotopic (exact) mass is 348 g/mol. The molecule has 0 aliphatic carbocycles. The van der Waals surface area contributed by atoms with Crippen LogP contribution in [0.2, 0.25) is 18.1 Å². The van der Waals surface area contributed by atoms with E-state index in [0.717, 1.165) is 12.4 Å². The molecule has 0 bridgehead atoms. The molecule has 2 rings (SSSR count). The zero-order valence-electron chi connectivity index (χ0n) is 14.7. The molecular formula is C14H30BO3PSSi. The van der Waals surface area contributed by atoms with Gasteiger partial charge in [-0.05, 0) is 24.8 Å². The Morgan fingerprint density at radius 1 is 1.38 bits per heavy atom. The minimum Gasteiger partial charge on any atom is -0.412 e. The van der Waals surface area contributed by atoms with Gasteiger partial charge in [0.1, 0.15) is 13.4 Å². The third-order valence-corrected chi connectivity index (χ3v) is 13.2. The average molecular weight is 348 g/mol. The Morgan fingerprint density at radius 3 is 2.48 bits per heavy atom. The lowest BCUT2D eigenvalue weighted by molar-refractivity contribution is -0.0427. The Hall–Kier alpha value is 0.942. The first-order chi connectivity index (χ1) is 9.48. The van der Waals surface area contributed by atoms with Crippen LogP contribution in [0.5, 0.6) is 0 Å². The van der Waals surface area contributed by atoms with Crippen molar-refractivity contribution in [2.75, 3.05) is 19.0 Å². The van der Waals surface area contributed by atoms with Crippen molar-refractivity contribution in [1.82, 2.24) is 0 Å². The van der Waals surface area contributed by atoms with E-state index in [-0.39, 0.29) is 30.1 Å². The molecule has 5 atom stereocenters. The number of rotatable bonds is 2. The lowest BCUT2D eigenvalue weighted by Crippen LogP contribution is -2.49. The van der Waals surface area contributed by atoms with Crippen LogP contribution in [0.1, 0.15) is 27.7 Å². The Morgan fingerprint density at radius 2 is 2.00 bits per heavy atom. The van der Waals surface area contributed by atoms with Gasteiger partial charge < -0.3 is 13.7 Å². The van der Waals surface area contributed by atoms with Gasteiger partial charge in [0.25, 0.3) is 0 Å². The summed E-state index contributed by atoms with van der Waals surface area (Å²) in [5.41, 5.74) is -0.147. The zero-order chi connectivity index (χ0) is 16.1. The van der Waals surface area contributed by atoms with Crippen LogP contribution in [-0.2, 0) is 13.7 Å². The minimum atomic E-state index is -1.77. The normalized spacial score (nSPS) is 41.7. The minimum absolute atomic E-state index is 0.147. The smallest absolute Gasteiger partial charge is 0.192 e. The van der Waals surface area contributed by atoms with Crippen LogP contribution in [0, 0.1) is 5.92 Å². The van der Waals surface area contributed by atoms with Crippen LogP contribution in [-0.4, -0.2) is 52.9 Å². The SMILES string of the molecule is B[C@@H]1O[C@@]2(COP(C)SC2)C(C)[C@@H]1O[Si](C)(C)C(C)(C)C. The van der Waals surface area contributed by atoms with Gasteiger partial charge in [-0.1, -0.05) is 27.7 Å². The molecule has 0 amide bonds. The number of ether oxygens (including phenoxy) is 1. The predicted molar refractivity (Wildman–Crippen MR) is 98.6 cm³/mol. The Labute approximate surface area is 137 Å². The summed E-state index contributed by atoms with van der Waals surface area (Å²) in [7, 11) is 0.0708. The molecule has 2 heterocycles. The maximum atomic E-state index is 6.70. The van der Waals surface area contributed by atoms with E-state index in [1.807, 2.05) is 11.4 Å². The maximum Gasteiger partial charge on any atom is 0.192 e. The first-order valence-corrected chi connectivity index (χ1v) is 14.0. The third kappa shape index (κ3) is 3.56. The van der Waals surface area contributed by atoms with E-state index >= 15 is 0 Å². The van der Waals surface area contributed by atoms with Crippen LogP contribution in [0.25, 0.3) is 0 Å². The second kappa shape index (κ2) is 6.10. The highest BCUT2D eigenvalue weighted by atomic mass is 32.7. The van der Waals surface area contributed by atoms with Gasteiger partial charge in [-0.25, -0.2) is 0 Å². The number of hydrogen-bond acceptors (Lipinski definition) is 4. The summed E-state index contributed by atoms with van der Waals surface area (Å²) in [6.45, 7) is 16.7. The van der Waals surface area contributed by atoms with Crippen molar-refractivity contribution in [3.63, 3.8) is 0 Å². The predicted octanol–water partition coefficient (Wildman–Crippen LogP) is 3.45. The van der Waals surface area contributed by atoms with E-state index < -0.39 is 8.32 Å². The van der Waals surface area contributed by atoms with Gasteiger partial charge in [-0.2, -0.15) is 0 Å². The Balaban J connectivity index is 2.12. The topological polar surface area (TPSA) is 27.7 Å². The van der Waals surface area contributed by atoms with Crippen molar-refractivity contribution in [2.45, 2.75) is 63.5 Å². The first kappa shape index (κ1) is 18.3. The largest absolute Gasteiger partial charge is 0.412 e. The highest BCUT2D eigenvalue weighted by Crippen LogP contribution is 2.57. The fraction of sp³-hybridized carbons (Fsp3) is 1.00. The van der Waals surface area contributed by atoms with Gasteiger partial charge in [0.15, 0.2) is 8.32 Å². The molecule has 0 saturated carbocycles. The molecule has 122 valence electrons. The summed E-state index contributed by atoms with van der Waals surface area (Å²) in [5.74, 6) is 1.43. The van der Waals surface area contributed by atoms with Crippen molar-refractivity contribution in [1.29, 1.82) is 0 Å². The fourth-order valence-electron chi connectivity index (χ4n) is 2.78. The molecule has 2 aliphatic rings. The standard InChI is InChI=1S/C14H30BO3PSSi/c1-10-11(18-21(6,7)13(2,3)4)12(15)17-14(10)8-16-19(5)20-9-14/h10-12H,8-9,15H2,1-7H3/t10?,11-,12+,14+,19?/m0/s1. The zero-order valence-corrected chi connectivity index (χ0v) is 17.4. The van der Waals surface area contributed by atoms with E-state index in [1.54, 1.807) is 0 Å². The van der Waals surface area contributed by atoms with Gasteiger partial charge in [-0.15, -0.1) is 11.4 Å². The second-order valence-electron chi connectivity index (χ2n) is 8.01. The lowest BCUT2D eigenvalue weighted by atomic mass is 9.84. The molecule has 0 aromatic carbocycles. The van der Waals surface area contributed by atoms with E-state index in [4.69, 9.17) is 13.7 Å². The van der Waals surface area contributed by atoms with Gasteiger partial charge in [0, 0.05) is 17.7 Å². The molecule has 0 N–H and O–H groups in total. The molecular weight excluding hydrogens is 318 g/mol. The van der Waals surface area contributed by atoms with Crippen molar-refractivity contribution in [2.24, 2.45) is 5.92 Å². The summed E-state index contributed by atoms with van der Waals surface area (Å²) in [6.07, 6.45) is 0.191. The van der Waals surface area contributed by atoms with Gasteiger partial charge in [-0.3, -0.25) is 0 Å². The van der Waals surface area contributed by atoms with Gasteiger partial charge >= 0.3 is 0 Å². The first-order valence-electron chi connectivity index (χ1n) is 7.84. The molecule has 7 heteroatoms. The van der Waals surface area contributed by atoms with Crippen LogP contribution < -0.4 is 0 Å². The molecule has 2 fully saturated rings. The Kier molecular flexibility index (Phi) is 5.31. The summed E-state index contributed by atoms with van der Waals surface area (Å²) in [6, 6.07) is 0.152. The summed E-state index contributed by atoms with van der Waals surface area (Å²) < 4.78 is 19.0. The molecule has 0 aromatic heterocycles. The highest BCUT2D eigenvalue weighted by molar-refractivity contribution is 8.54. The second-order valence-corrected chi connectivity index (χ2v) is 16.8. The lowest BCUT2D eigenvalue weighted by Gasteiger charge is -2.42. The van der Waals surface area contributed by atoms with Crippen LogP contribution in [0.15, 0.2) is 0 Å². The number of hydrogen-bond donors (Lipinski definition) is 0. The van der Waals surface area contributed by atoms with Crippen LogP contribution >= 0.6 is 18.7 Å². The molecule has 3 nitrogen and oxygen atoms in total. The van der Waals surface area contributed by atoms with Crippen molar-refractivity contribution < 1.29 is 13.7 Å². The highest BCUT2D eigenvalue weighted by Gasteiger charge is 2.55. The molecule has 2 unspecified atom stereocenters. The Bertz CT molecular complexity index is 383. The molecule has 0 aromatic rings. The van der Waals surface area contributed by atoms with Gasteiger partial charge in [0.05, 0.1) is 20.1 Å². The van der Waals surface area contributed by atoms with Gasteiger partial charge in [0.2, 0.25) is 0 Å². The third-order valence-electron chi connectivity index (χ3n) is 5.42. The van der Waals surface area contributed by atoms with Crippen molar-refractivity contribution in [3.05, 3.63) is 0 Å². The summed E-state index contributed by atoms with van der Waals surface area (Å²) in [4.78, 5) is 0.